The van der Waals surface area contributed by atoms with E-state index in [1.54, 1.807) is 39.1 Å². The smallest absolute Gasteiger partial charge is 0.328 e. The van der Waals surface area contributed by atoms with Crippen LogP contribution in [0.2, 0.25) is 5.02 Å². The number of likely N-dealkylation sites (N-methyl/N-ethyl adjacent to an activating group) is 1. The van der Waals surface area contributed by atoms with E-state index in [-0.39, 0.29) is 98.4 Å². The van der Waals surface area contributed by atoms with Gasteiger partial charge in [-0.3, -0.25) is 33.6 Å². The molecule has 3 heterocycles. The van der Waals surface area contributed by atoms with E-state index in [1.807, 2.05) is 45.9 Å². The first-order valence-electron chi connectivity index (χ1n) is 30.2. The van der Waals surface area contributed by atoms with Crippen molar-refractivity contribution in [2.24, 2.45) is 29.4 Å². The number of ether oxygens (including phenoxy) is 5. The van der Waals surface area contributed by atoms with Crippen molar-refractivity contribution in [3.05, 3.63) is 81.4 Å². The number of anilines is 1. The number of nitrogens with two attached hydrogens (primary N) is 1. The minimum absolute atomic E-state index is 0.00701. The molecule has 0 aromatic heterocycles. The molecule has 88 heavy (non-hydrogen) atoms. The zero-order valence-corrected chi connectivity index (χ0v) is 56.6. The molecule has 10 atom stereocenters. The predicted octanol–water partition coefficient (Wildman–Crippen LogP) is 8.98. The van der Waals surface area contributed by atoms with Crippen molar-refractivity contribution in [2.75, 3.05) is 50.4 Å². The Hall–Kier alpha value is -5.52. The van der Waals surface area contributed by atoms with Gasteiger partial charge in [0, 0.05) is 88.3 Å². The third-order valence-corrected chi connectivity index (χ3v) is 19.4. The monoisotopic (exact) mass is 1370 g/mol. The molecule has 0 radical (unpaired) electrons. The minimum atomic E-state index is -1.65. The van der Waals surface area contributed by atoms with Gasteiger partial charge in [0.25, 0.3) is 5.91 Å². The number of urea groups is 1. The van der Waals surface area contributed by atoms with Crippen molar-refractivity contribution in [1.82, 2.24) is 15.5 Å². The van der Waals surface area contributed by atoms with E-state index in [4.69, 9.17) is 41.0 Å². The maximum absolute atomic E-state index is 14.5. The molecule has 23 heteroatoms. The summed E-state index contributed by atoms with van der Waals surface area (Å²) in [5.41, 5.74) is 5.76. The number of rotatable bonds is 28. The number of benzene rings is 2. The first-order chi connectivity index (χ1) is 41.5. The van der Waals surface area contributed by atoms with Gasteiger partial charge in [0.05, 0.1) is 48.4 Å². The first-order valence-corrected chi connectivity index (χ1v) is 32.8. The number of methoxy groups -OCH3 is 2. The van der Waals surface area contributed by atoms with Gasteiger partial charge in [-0.05, 0) is 101 Å². The van der Waals surface area contributed by atoms with E-state index in [1.165, 1.54) is 45.2 Å². The number of allylic oxidation sites excluding steroid dienone is 3. The van der Waals surface area contributed by atoms with Gasteiger partial charge in [0.15, 0.2) is 5.78 Å². The number of aryl methyl sites for hydroxylation is 1. The molecule has 5 rings (SSSR count). The number of hydrogen-bond donors (Lipinski definition) is 4. The van der Waals surface area contributed by atoms with E-state index < -0.39 is 95.2 Å². The molecule has 0 aliphatic carbocycles. The van der Waals surface area contributed by atoms with Gasteiger partial charge in [-0.25, -0.2) is 9.59 Å². The molecule has 5 N–H and O–H groups in total. The third kappa shape index (κ3) is 19.7. The Bertz CT molecular complexity index is 2920. The summed E-state index contributed by atoms with van der Waals surface area (Å²) >= 11 is 13.6. The SMILES string of the molecule is COc1cc(CC(=O)[C@H](CCCNC(N)=O)NC(=O)[C@@H](CC(=O)CCCCCCC(=O)C(CBr)CBr)C(C)C)ccc1C(=O)N(C)[C@@H](C)C(=O)O[C@H]1CC(=O)N(C)c2cc(cc(C)c2Cl)C/C(C)=C/C=C/[C@@H](OC)[C@]2(O)CC(=O)O[C@@H](C2)[C@@H](C)[C@@H]2O[C@@]12C. The average molecular weight is 1380 g/mol. The number of epoxide rings is 1. The van der Waals surface area contributed by atoms with Crippen molar-refractivity contribution in [2.45, 2.75) is 186 Å². The van der Waals surface area contributed by atoms with Crippen molar-refractivity contribution >= 4 is 102 Å². The molecule has 2 aromatic rings. The molecular formula is C65H90Br2ClN5O15. The van der Waals surface area contributed by atoms with Gasteiger partial charge in [-0.2, -0.15) is 0 Å². The van der Waals surface area contributed by atoms with Gasteiger partial charge >= 0.3 is 18.0 Å². The van der Waals surface area contributed by atoms with Crippen LogP contribution < -0.4 is 26.0 Å². The van der Waals surface area contributed by atoms with Crippen LogP contribution in [0.5, 0.6) is 5.75 Å². The van der Waals surface area contributed by atoms with Crippen molar-refractivity contribution in [3.63, 3.8) is 0 Å². The summed E-state index contributed by atoms with van der Waals surface area (Å²) in [5.74, 6) is -4.90. The van der Waals surface area contributed by atoms with Gasteiger partial charge in [0.1, 0.15) is 52.9 Å². The van der Waals surface area contributed by atoms with Gasteiger partial charge in [0.2, 0.25) is 11.8 Å². The van der Waals surface area contributed by atoms with Crippen molar-refractivity contribution < 1.29 is 71.9 Å². The second-order valence-corrected chi connectivity index (χ2v) is 26.1. The van der Waals surface area contributed by atoms with E-state index in [9.17, 15) is 48.3 Å². The zero-order chi connectivity index (χ0) is 65.4. The van der Waals surface area contributed by atoms with E-state index in [0.717, 1.165) is 40.9 Å². The van der Waals surface area contributed by atoms with E-state index >= 15 is 0 Å². The predicted molar refractivity (Wildman–Crippen MR) is 342 cm³/mol. The van der Waals surface area contributed by atoms with Crippen LogP contribution in [0.4, 0.5) is 10.5 Å². The number of ketones is 3. The Balaban J connectivity index is 1.32. The number of aliphatic hydroxyl groups is 1. The van der Waals surface area contributed by atoms with Crippen LogP contribution in [-0.4, -0.2) is 156 Å². The lowest BCUT2D eigenvalue weighted by molar-refractivity contribution is -0.187. The molecule has 3 aliphatic rings. The largest absolute Gasteiger partial charge is 0.496 e. The number of fused-ring (bicyclic) bond motifs is 5. The second kappa shape index (κ2) is 33.5. The van der Waals surface area contributed by atoms with Crippen LogP contribution in [0, 0.1) is 30.6 Å². The number of carbonyl (C=O) groups is 9. The molecule has 20 nitrogen and oxygen atoms in total. The number of hydrogen-bond acceptors (Lipinski definition) is 15. The summed E-state index contributed by atoms with van der Waals surface area (Å²) < 4.78 is 30.0. The first kappa shape index (κ1) is 73.2. The fraction of sp³-hybridized carbons (Fsp3) is 0.615. The number of unbranched alkanes of at least 4 members (excludes halogenated alkanes) is 3. The topological polar surface area (TPSA) is 280 Å². The van der Waals surface area contributed by atoms with Crippen LogP contribution in [0.25, 0.3) is 0 Å². The molecule has 2 aromatic carbocycles. The molecule has 0 spiro atoms. The number of halogens is 3. The molecule has 0 saturated carbocycles. The summed E-state index contributed by atoms with van der Waals surface area (Å²) in [6, 6.07) is 5.26. The molecule has 2 saturated heterocycles. The average Bonchev–Trinajstić information content (AvgIpc) is 1.58. The molecule has 5 amide bonds. The third-order valence-electron chi connectivity index (χ3n) is 17.3. The number of Topliss-reactive ketones (excluding diaryl/α,β-unsaturated/α-hetero) is 3. The van der Waals surface area contributed by atoms with Crippen molar-refractivity contribution in [1.29, 1.82) is 0 Å². The number of amides is 5. The molecule has 3 aliphatic heterocycles. The van der Waals surface area contributed by atoms with Gasteiger partial charge in [-0.15, -0.1) is 0 Å². The lowest BCUT2D eigenvalue weighted by Crippen LogP contribution is -2.53. The standard InChI is InChI=1S/C65H90Br2ClN5O15/c1-37(2)47(31-45(74)19-14-12-13-15-21-50(75)44(35-66)36-67)60(79)71-48(20-17-25-70-63(69)82)51(76)29-42-23-24-46(52(30-42)84-10)61(80)72(8)41(6)62(81)87-55-32-56(77)73(9)49-28-43(27-39(4)58(49)68)26-38(3)18-16-22-54(85-11)65(83)33-53(86-57(78)34-65)40(5)59-64(55,7)88-59/h16,18,22-24,27-28,30,37,40-41,44,47-48,53-55,59,83H,12-15,17,19-21,25-26,29,31-36H2,1-11H3,(H,71,79)(H3,69,70,82)/b22-16+,38-18+/t40-,41+,47+,48+,53+,54-,55+,59+,64+,65-/m1/s1. The number of alkyl halides is 2. The molecule has 2 fully saturated rings. The number of carbonyl (C=O) groups excluding carboxylic acids is 9. The highest BCUT2D eigenvalue weighted by Gasteiger charge is 2.64. The number of nitrogens with zero attached hydrogens (tertiary/aromatic N) is 2. The lowest BCUT2D eigenvalue weighted by atomic mass is 9.78. The Labute approximate surface area is 539 Å². The summed E-state index contributed by atoms with van der Waals surface area (Å²) in [5, 5.41) is 19.0. The van der Waals surface area contributed by atoms with Crippen LogP contribution >= 0.6 is 43.5 Å². The van der Waals surface area contributed by atoms with Crippen LogP contribution in [0.1, 0.15) is 146 Å². The summed E-state index contributed by atoms with van der Waals surface area (Å²) in [6.07, 6.45) is 5.25. The summed E-state index contributed by atoms with van der Waals surface area (Å²) in [6.45, 7) is 12.5. The summed E-state index contributed by atoms with van der Waals surface area (Å²) in [7, 11) is 5.79. The molecule has 0 unspecified atom stereocenters. The molecule has 4 bridgehead atoms. The zero-order valence-electron chi connectivity index (χ0n) is 52.7. The quantitative estimate of drug-likeness (QED) is 0.0268. The van der Waals surface area contributed by atoms with E-state index in [2.05, 4.69) is 42.5 Å². The Morgan fingerprint density at radius 3 is 2.28 bits per heavy atom. The highest BCUT2D eigenvalue weighted by atomic mass is 79.9. The normalized spacial score (nSPS) is 24.2. The maximum Gasteiger partial charge on any atom is 0.328 e. The number of primary amides is 1. The number of nitrogens with one attached hydrogen (secondary N) is 2. The molecule has 486 valence electrons. The highest BCUT2D eigenvalue weighted by Crippen LogP contribution is 2.50. The Morgan fingerprint density at radius 2 is 1.65 bits per heavy atom. The van der Waals surface area contributed by atoms with Gasteiger partial charge in [-0.1, -0.05) is 113 Å². The van der Waals surface area contributed by atoms with Crippen LogP contribution in [-0.2, 0) is 65.4 Å². The number of esters is 2. The Morgan fingerprint density at radius 1 is 0.966 bits per heavy atom. The fourth-order valence-electron chi connectivity index (χ4n) is 11.5. The molecular weight excluding hydrogens is 1290 g/mol. The minimum Gasteiger partial charge on any atom is -0.496 e. The Kier molecular flexibility index (Phi) is 27.9. The highest BCUT2D eigenvalue weighted by molar-refractivity contribution is 9.09. The van der Waals surface area contributed by atoms with Crippen molar-refractivity contribution in [3.8, 4) is 5.75 Å². The van der Waals surface area contributed by atoms with Crippen LogP contribution in [0.15, 0.2) is 54.1 Å². The van der Waals surface area contributed by atoms with Crippen LogP contribution in [0.3, 0.4) is 0 Å². The maximum atomic E-state index is 14.5. The lowest BCUT2D eigenvalue weighted by Gasteiger charge is -2.41. The summed E-state index contributed by atoms with van der Waals surface area (Å²) in [4.78, 5) is 124. The second-order valence-electron chi connectivity index (χ2n) is 24.4. The fourth-order valence-corrected chi connectivity index (χ4v) is 13.5. The van der Waals surface area contributed by atoms with Gasteiger partial charge < -0.3 is 55.0 Å². The van der Waals surface area contributed by atoms with E-state index in [0.29, 0.717) is 46.2 Å².